The van der Waals surface area contributed by atoms with Crippen molar-refractivity contribution in [2.45, 2.75) is 25.4 Å². The summed E-state index contributed by atoms with van der Waals surface area (Å²) in [5, 5.41) is 11.2. The predicted molar refractivity (Wildman–Crippen MR) is 115 cm³/mol. The number of rotatable bonds is 6. The van der Waals surface area contributed by atoms with E-state index in [2.05, 4.69) is 4.90 Å². The summed E-state index contributed by atoms with van der Waals surface area (Å²) in [6, 6.07) is 5.12. The molecule has 0 spiro atoms. The van der Waals surface area contributed by atoms with Gasteiger partial charge in [-0.15, -0.1) is 0 Å². The third-order valence-corrected chi connectivity index (χ3v) is 6.08. The maximum atomic E-state index is 12.4. The maximum Gasteiger partial charge on any atom is 0.247 e. The zero-order valence-electron chi connectivity index (χ0n) is 16.4. The average Bonchev–Trinajstić information content (AvgIpc) is 2.71. The minimum absolute atomic E-state index is 0.0288. The van der Waals surface area contributed by atoms with Gasteiger partial charge in [-0.05, 0) is 49.7 Å². The molecule has 1 aromatic rings. The van der Waals surface area contributed by atoms with E-state index >= 15 is 0 Å². The largest absolute Gasteiger partial charge is 0.390 e. The van der Waals surface area contributed by atoms with Gasteiger partial charge in [-0.2, -0.15) is 0 Å². The Morgan fingerprint density at radius 2 is 1.83 bits per heavy atom. The van der Waals surface area contributed by atoms with E-state index in [1.165, 1.54) is 30.2 Å². The molecule has 6 nitrogen and oxygen atoms in total. The molecule has 2 saturated heterocycles. The normalized spacial score (nSPS) is 19.8. The number of aliphatic hydroxyl groups excluding tert-OH is 1. The summed E-state index contributed by atoms with van der Waals surface area (Å²) in [6.07, 6.45) is 6.12. The molecule has 0 radical (unpaired) electrons. The lowest BCUT2D eigenvalue weighted by atomic mass is 10.1. The minimum Gasteiger partial charge on any atom is -0.390 e. The van der Waals surface area contributed by atoms with Gasteiger partial charge < -0.3 is 19.8 Å². The van der Waals surface area contributed by atoms with E-state index in [1.54, 1.807) is 29.2 Å². The first-order chi connectivity index (χ1) is 13.9. The van der Waals surface area contributed by atoms with E-state index < -0.39 is 6.10 Å². The molecule has 1 atom stereocenters. The number of piperidine rings is 1. The highest BCUT2D eigenvalue weighted by molar-refractivity contribution is 6.42. The lowest BCUT2D eigenvalue weighted by molar-refractivity contribution is -0.144. The highest BCUT2D eigenvalue weighted by atomic mass is 35.5. The summed E-state index contributed by atoms with van der Waals surface area (Å²) in [5.41, 5.74) is 0.763. The van der Waals surface area contributed by atoms with E-state index in [4.69, 9.17) is 23.2 Å². The Morgan fingerprint density at radius 1 is 1.07 bits per heavy atom. The van der Waals surface area contributed by atoms with Crippen LogP contribution in [0.4, 0.5) is 0 Å². The molecular weight excluding hydrogens is 413 g/mol. The molecule has 158 valence electrons. The second-order valence-corrected chi connectivity index (χ2v) is 8.44. The van der Waals surface area contributed by atoms with Crippen molar-refractivity contribution in [2.24, 2.45) is 0 Å². The van der Waals surface area contributed by atoms with E-state index in [1.807, 2.05) is 0 Å². The lowest BCUT2D eigenvalue weighted by Crippen LogP contribution is -2.54. The Hall–Kier alpha value is -1.60. The summed E-state index contributed by atoms with van der Waals surface area (Å²) in [5.74, 6) is -0.358. The Morgan fingerprint density at radius 3 is 2.52 bits per heavy atom. The first-order valence-corrected chi connectivity index (χ1v) is 10.8. The average molecular weight is 440 g/mol. The Kier molecular flexibility index (Phi) is 7.95. The van der Waals surface area contributed by atoms with Gasteiger partial charge in [0.25, 0.3) is 0 Å². The second kappa shape index (κ2) is 10.4. The van der Waals surface area contributed by atoms with Crippen LogP contribution in [0.15, 0.2) is 24.3 Å². The number of likely N-dealkylation sites (tertiary alicyclic amines) is 1. The highest BCUT2D eigenvalue weighted by Crippen LogP contribution is 2.23. The lowest BCUT2D eigenvalue weighted by Gasteiger charge is -2.36. The summed E-state index contributed by atoms with van der Waals surface area (Å²) in [6.45, 7) is 3.85. The smallest absolute Gasteiger partial charge is 0.247 e. The molecule has 0 aromatic heterocycles. The fourth-order valence-corrected chi connectivity index (χ4v) is 4.04. The number of β-amino-alcohol motifs (C(OH)–C–C–N with tert-alkyl or cyclic N) is 1. The van der Waals surface area contributed by atoms with Crippen molar-refractivity contribution in [1.29, 1.82) is 0 Å². The van der Waals surface area contributed by atoms with Crippen LogP contribution in [0.5, 0.6) is 0 Å². The molecular formula is C21H27Cl2N3O3. The molecule has 0 bridgehead atoms. The first-order valence-electron chi connectivity index (χ1n) is 10.0. The van der Waals surface area contributed by atoms with Gasteiger partial charge in [0.1, 0.15) is 6.54 Å². The summed E-state index contributed by atoms with van der Waals surface area (Å²) in [4.78, 5) is 30.3. The number of amides is 2. The van der Waals surface area contributed by atoms with Gasteiger partial charge in [0, 0.05) is 32.3 Å². The van der Waals surface area contributed by atoms with Crippen molar-refractivity contribution in [1.82, 2.24) is 14.7 Å². The quantitative estimate of drug-likeness (QED) is 0.691. The first kappa shape index (κ1) is 22.1. The van der Waals surface area contributed by atoms with Crippen molar-refractivity contribution < 1.29 is 14.7 Å². The number of nitrogens with zero attached hydrogens (tertiary/aromatic N) is 3. The van der Waals surface area contributed by atoms with Crippen molar-refractivity contribution >= 4 is 41.1 Å². The van der Waals surface area contributed by atoms with Gasteiger partial charge in [-0.25, -0.2) is 0 Å². The fourth-order valence-electron chi connectivity index (χ4n) is 3.73. The van der Waals surface area contributed by atoms with Gasteiger partial charge in [0.15, 0.2) is 0 Å². The van der Waals surface area contributed by atoms with Gasteiger partial charge in [0.05, 0.1) is 16.1 Å². The van der Waals surface area contributed by atoms with Crippen molar-refractivity contribution in [3.05, 3.63) is 39.9 Å². The summed E-state index contributed by atoms with van der Waals surface area (Å²) in [7, 11) is 0. The molecule has 0 aliphatic carbocycles. The molecule has 1 unspecified atom stereocenters. The third-order valence-electron chi connectivity index (χ3n) is 5.34. The zero-order chi connectivity index (χ0) is 20.8. The van der Waals surface area contributed by atoms with Crippen LogP contribution in [0.3, 0.4) is 0 Å². The van der Waals surface area contributed by atoms with Crippen molar-refractivity contribution in [3.8, 4) is 0 Å². The van der Waals surface area contributed by atoms with Crippen LogP contribution in [-0.2, 0) is 9.59 Å². The minimum atomic E-state index is -0.561. The van der Waals surface area contributed by atoms with Crippen LogP contribution in [0.2, 0.25) is 10.0 Å². The molecule has 3 rings (SSSR count). The molecule has 29 heavy (non-hydrogen) atoms. The van der Waals surface area contributed by atoms with Crippen LogP contribution in [-0.4, -0.2) is 83.5 Å². The van der Waals surface area contributed by atoms with E-state index in [0.717, 1.165) is 18.7 Å². The number of halogens is 2. The number of carbonyl (C=O) groups excluding carboxylic acids is 2. The monoisotopic (exact) mass is 439 g/mol. The Bertz CT molecular complexity index is 766. The molecule has 2 aliphatic rings. The van der Waals surface area contributed by atoms with Gasteiger partial charge in [-0.1, -0.05) is 35.7 Å². The number of hydrogen-bond acceptors (Lipinski definition) is 4. The molecule has 2 heterocycles. The Balaban J connectivity index is 1.47. The van der Waals surface area contributed by atoms with E-state index in [-0.39, 0.29) is 18.4 Å². The van der Waals surface area contributed by atoms with Crippen LogP contribution in [0, 0.1) is 0 Å². The number of benzene rings is 1. The van der Waals surface area contributed by atoms with Gasteiger partial charge >= 0.3 is 0 Å². The number of aliphatic hydroxyl groups is 1. The topological polar surface area (TPSA) is 64.1 Å². The molecule has 2 amide bonds. The molecule has 1 aromatic carbocycles. The molecule has 2 aliphatic heterocycles. The zero-order valence-corrected chi connectivity index (χ0v) is 17.9. The summed E-state index contributed by atoms with van der Waals surface area (Å²) >= 11 is 11.9. The SMILES string of the molecule is O=C(C=Cc1ccc(Cl)c(Cl)c1)N1CCN(CC(O)CN2CCCCC2)C(=O)C1. The second-order valence-electron chi connectivity index (χ2n) is 7.62. The molecule has 2 fully saturated rings. The van der Waals surface area contributed by atoms with Crippen molar-refractivity contribution in [2.75, 3.05) is 45.8 Å². The van der Waals surface area contributed by atoms with E-state index in [9.17, 15) is 14.7 Å². The van der Waals surface area contributed by atoms with E-state index in [0.29, 0.717) is 36.2 Å². The number of piperazine rings is 1. The number of hydrogen-bond donors (Lipinski definition) is 1. The Labute approximate surface area is 181 Å². The molecule has 0 saturated carbocycles. The van der Waals surface area contributed by atoms with Gasteiger partial charge in [0.2, 0.25) is 11.8 Å². The molecule has 8 heteroatoms. The predicted octanol–water partition coefficient (Wildman–Crippen LogP) is 2.52. The number of carbonyl (C=O) groups is 2. The van der Waals surface area contributed by atoms with Gasteiger partial charge in [-0.3, -0.25) is 9.59 Å². The standard InChI is InChI=1S/C21H27Cl2N3O3/c22-18-6-4-16(12-19(18)23)5-7-20(28)26-11-10-25(21(29)15-26)14-17(27)13-24-8-2-1-3-9-24/h4-7,12,17,27H,1-3,8-11,13-15H2. The highest BCUT2D eigenvalue weighted by Gasteiger charge is 2.28. The third kappa shape index (κ3) is 6.44. The van der Waals surface area contributed by atoms with Crippen LogP contribution in [0.1, 0.15) is 24.8 Å². The van der Waals surface area contributed by atoms with Crippen molar-refractivity contribution in [3.63, 3.8) is 0 Å². The van der Waals surface area contributed by atoms with Crippen LogP contribution in [0.25, 0.3) is 6.08 Å². The van der Waals surface area contributed by atoms with Crippen LogP contribution < -0.4 is 0 Å². The maximum absolute atomic E-state index is 12.4. The van der Waals surface area contributed by atoms with Crippen LogP contribution >= 0.6 is 23.2 Å². The molecule has 1 N–H and O–H groups in total. The fraction of sp³-hybridized carbons (Fsp3) is 0.524. The summed E-state index contributed by atoms with van der Waals surface area (Å²) < 4.78 is 0.